The fraction of sp³-hybridized carbons (Fsp3) is 0.462. The van der Waals surface area contributed by atoms with Gasteiger partial charge in [-0.1, -0.05) is 30.3 Å². The zero-order valence-electron chi connectivity index (χ0n) is 10.6. The van der Waals surface area contributed by atoms with Gasteiger partial charge in [-0.25, -0.2) is 4.79 Å². The largest absolute Gasteiger partial charge is 0.341 e. The molecule has 1 aromatic rings. The Bertz CT molecular complexity index is 327. The van der Waals surface area contributed by atoms with E-state index in [4.69, 9.17) is 0 Å². The quantitative estimate of drug-likeness (QED) is 0.733. The molecule has 0 aliphatic heterocycles. The van der Waals surface area contributed by atoms with E-state index >= 15 is 0 Å². The number of carbonyl (C=O) groups excluding carboxylic acids is 1. The molecule has 4 heteroatoms. The molecule has 0 radical (unpaired) electrons. The Hall–Kier alpha value is -1.55. The van der Waals surface area contributed by atoms with Crippen molar-refractivity contribution < 1.29 is 4.79 Å². The fourth-order valence-corrected chi connectivity index (χ4v) is 1.61. The number of amides is 2. The molecule has 0 heterocycles. The molecule has 0 aromatic heterocycles. The molecule has 1 rings (SSSR count). The molecule has 0 saturated carbocycles. The molecule has 94 valence electrons. The van der Waals surface area contributed by atoms with E-state index in [1.54, 1.807) is 7.05 Å². The van der Waals surface area contributed by atoms with Crippen molar-refractivity contribution in [2.24, 2.45) is 0 Å². The van der Waals surface area contributed by atoms with Crippen LogP contribution in [0.1, 0.15) is 12.0 Å². The molecule has 0 atom stereocenters. The Labute approximate surface area is 103 Å². The smallest absolute Gasteiger partial charge is 0.314 e. The van der Waals surface area contributed by atoms with Crippen LogP contribution in [0.3, 0.4) is 0 Å². The van der Waals surface area contributed by atoms with Crippen molar-refractivity contribution >= 4 is 6.03 Å². The van der Waals surface area contributed by atoms with E-state index in [0.29, 0.717) is 6.54 Å². The summed E-state index contributed by atoms with van der Waals surface area (Å²) in [5.74, 6) is 0. The van der Waals surface area contributed by atoms with Crippen molar-refractivity contribution in [3.05, 3.63) is 35.9 Å². The van der Waals surface area contributed by atoms with Crippen molar-refractivity contribution in [3.8, 4) is 0 Å². The van der Waals surface area contributed by atoms with Crippen molar-refractivity contribution in [1.82, 2.24) is 15.5 Å². The summed E-state index contributed by atoms with van der Waals surface area (Å²) in [6.45, 7) is 2.62. The monoisotopic (exact) mass is 235 g/mol. The van der Waals surface area contributed by atoms with Gasteiger partial charge in [0.2, 0.25) is 0 Å². The van der Waals surface area contributed by atoms with Gasteiger partial charge in [0.25, 0.3) is 0 Å². The first-order valence-corrected chi connectivity index (χ1v) is 5.90. The molecule has 0 spiro atoms. The molecule has 2 amide bonds. The van der Waals surface area contributed by atoms with Crippen LogP contribution >= 0.6 is 0 Å². The van der Waals surface area contributed by atoms with Crippen LogP contribution in [0, 0.1) is 0 Å². The fourth-order valence-electron chi connectivity index (χ4n) is 1.61. The molecule has 0 bridgehead atoms. The second-order valence-electron chi connectivity index (χ2n) is 4.08. The van der Waals surface area contributed by atoms with Crippen LogP contribution in [0.25, 0.3) is 0 Å². The van der Waals surface area contributed by atoms with Gasteiger partial charge in [0.1, 0.15) is 0 Å². The van der Waals surface area contributed by atoms with Gasteiger partial charge in [-0.15, -0.1) is 0 Å². The van der Waals surface area contributed by atoms with E-state index in [1.807, 2.05) is 6.07 Å². The van der Waals surface area contributed by atoms with Crippen LogP contribution in [0.15, 0.2) is 30.3 Å². The Kier molecular flexibility index (Phi) is 6.10. The number of hydrogen-bond acceptors (Lipinski definition) is 2. The van der Waals surface area contributed by atoms with E-state index in [-0.39, 0.29) is 6.03 Å². The van der Waals surface area contributed by atoms with Gasteiger partial charge in [-0.05, 0) is 25.6 Å². The van der Waals surface area contributed by atoms with Gasteiger partial charge >= 0.3 is 6.03 Å². The van der Waals surface area contributed by atoms with Gasteiger partial charge in [0, 0.05) is 20.1 Å². The molecule has 1 aromatic carbocycles. The molecule has 2 N–H and O–H groups in total. The highest BCUT2D eigenvalue weighted by atomic mass is 16.2. The third-order valence-electron chi connectivity index (χ3n) is 2.52. The van der Waals surface area contributed by atoms with Crippen LogP contribution in [0.5, 0.6) is 0 Å². The predicted molar refractivity (Wildman–Crippen MR) is 69.9 cm³/mol. The summed E-state index contributed by atoms with van der Waals surface area (Å²) >= 11 is 0. The maximum atomic E-state index is 10.9. The molecule has 17 heavy (non-hydrogen) atoms. The van der Waals surface area contributed by atoms with E-state index in [1.165, 1.54) is 5.56 Å². The van der Waals surface area contributed by atoms with E-state index < -0.39 is 0 Å². The highest BCUT2D eigenvalue weighted by Crippen LogP contribution is 2.02. The molecule has 0 saturated heterocycles. The minimum atomic E-state index is -0.115. The summed E-state index contributed by atoms with van der Waals surface area (Å²) < 4.78 is 0. The average molecular weight is 235 g/mol. The van der Waals surface area contributed by atoms with Gasteiger partial charge in [-0.3, -0.25) is 0 Å². The number of benzene rings is 1. The topological polar surface area (TPSA) is 44.4 Å². The average Bonchev–Trinajstić information content (AvgIpc) is 2.35. The standard InChI is InChI=1S/C13H21N3O/c1-14-13(17)15-9-6-10-16(2)11-12-7-4-3-5-8-12/h3-5,7-8H,6,9-11H2,1-2H3,(H2,14,15,17). The van der Waals surface area contributed by atoms with Crippen LogP contribution in [-0.2, 0) is 6.54 Å². The number of nitrogens with one attached hydrogen (secondary N) is 2. The van der Waals surface area contributed by atoms with E-state index in [2.05, 4.69) is 46.8 Å². The first-order chi connectivity index (χ1) is 8.22. The molecule has 0 fully saturated rings. The highest BCUT2D eigenvalue weighted by molar-refractivity contribution is 5.73. The maximum absolute atomic E-state index is 10.9. The van der Waals surface area contributed by atoms with Gasteiger partial charge < -0.3 is 15.5 Å². The zero-order valence-corrected chi connectivity index (χ0v) is 10.6. The lowest BCUT2D eigenvalue weighted by atomic mass is 10.2. The van der Waals surface area contributed by atoms with Crippen molar-refractivity contribution in [1.29, 1.82) is 0 Å². The molecular formula is C13H21N3O. The first kappa shape index (κ1) is 13.5. The van der Waals surface area contributed by atoms with E-state index in [9.17, 15) is 4.79 Å². The number of nitrogens with zero attached hydrogens (tertiary/aromatic N) is 1. The van der Waals surface area contributed by atoms with Gasteiger partial charge in [-0.2, -0.15) is 0 Å². The lowest BCUT2D eigenvalue weighted by molar-refractivity contribution is 0.241. The summed E-state index contributed by atoms with van der Waals surface area (Å²) in [7, 11) is 3.71. The Morgan fingerprint density at radius 3 is 2.65 bits per heavy atom. The Morgan fingerprint density at radius 2 is 2.00 bits per heavy atom. The van der Waals surface area contributed by atoms with Gasteiger partial charge in [0.05, 0.1) is 0 Å². The predicted octanol–water partition coefficient (Wildman–Crippen LogP) is 1.44. The van der Waals surface area contributed by atoms with E-state index in [0.717, 1.165) is 19.5 Å². The number of rotatable bonds is 6. The number of urea groups is 1. The molecule has 4 nitrogen and oxygen atoms in total. The molecule has 0 aliphatic carbocycles. The number of hydrogen-bond donors (Lipinski definition) is 2. The lowest BCUT2D eigenvalue weighted by Crippen LogP contribution is -2.34. The SMILES string of the molecule is CNC(=O)NCCCN(C)Cc1ccccc1. The molecular weight excluding hydrogens is 214 g/mol. The van der Waals surface area contributed by atoms with Crippen LogP contribution in [0.4, 0.5) is 4.79 Å². The Balaban J connectivity index is 2.13. The Morgan fingerprint density at radius 1 is 1.29 bits per heavy atom. The summed E-state index contributed by atoms with van der Waals surface area (Å²) in [4.78, 5) is 13.2. The van der Waals surface area contributed by atoms with Crippen molar-refractivity contribution in [2.45, 2.75) is 13.0 Å². The summed E-state index contributed by atoms with van der Waals surface area (Å²) in [6.07, 6.45) is 0.955. The van der Waals surface area contributed by atoms with Crippen LogP contribution < -0.4 is 10.6 Å². The minimum Gasteiger partial charge on any atom is -0.341 e. The van der Waals surface area contributed by atoms with Crippen molar-refractivity contribution in [3.63, 3.8) is 0 Å². The van der Waals surface area contributed by atoms with Crippen LogP contribution in [0.2, 0.25) is 0 Å². The summed E-state index contributed by atoms with van der Waals surface area (Å²) in [6, 6.07) is 10.3. The number of carbonyl (C=O) groups is 1. The normalized spacial score (nSPS) is 10.3. The lowest BCUT2D eigenvalue weighted by Gasteiger charge is -2.16. The summed E-state index contributed by atoms with van der Waals surface area (Å²) in [5, 5.41) is 5.30. The third-order valence-corrected chi connectivity index (χ3v) is 2.52. The highest BCUT2D eigenvalue weighted by Gasteiger charge is 2.00. The third kappa shape index (κ3) is 5.92. The second kappa shape index (κ2) is 7.68. The zero-order chi connectivity index (χ0) is 12.5. The summed E-state index contributed by atoms with van der Waals surface area (Å²) in [5.41, 5.74) is 1.31. The molecule has 0 unspecified atom stereocenters. The second-order valence-corrected chi connectivity index (χ2v) is 4.08. The van der Waals surface area contributed by atoms with Crippen molar-refractivity contribution in [2.75, 3.05) is 27.2 Å². The first-order valence-electron chi connectivity index (χ1n) is 5.90. The van der Waals surface area contributed by atoms with Gasteiger partial charge in [0.15, 0.2) is 0 Å². The minimum absolute atomic E-state index is 0.115. The molecule has 0 aliphatic rings. The maximum Gasteiger partial charge on any atom is 0.314 e. The van der Waals surface area contributed by atoms with Crippen LogP contribution in [-0.4, -0.2) is 38.1 Å².